The van der Waals surface area contributed by atoms with E-state index in [0.29, 0.717) is 104 Å². The van der Waals surface area contributed by atoms with Crippen LogP contribution < -0.4 is 27.0 Å². The van der Waals surface area contributed by atoms with Crippen molar-refractivity contribution in [3.63, 3.8) is 0 Å². The molecule has 3 saturated carbocycles. The van der Waals surface area contributed by atoms with Gasteiger partial charge in [0.05, 0.1) is 19.1 Å². The quantitative estimate of drug-likeness (QED) is 0.0226. The summed E-state index contributed by atoms with van der Waals surface area (Å²) in [6, 6.07) is 19.1. The van der Waals surface area contributed by atoms with Crippen molar-refractivity contribution in [1.29, 1.82) is 0 Å². The van der Waals surface area contributed by atoms with E-state index in [4.69, 9.17) is 49.6 Å². The zero-order valence-corrected chi connectivity index (χ0v) is 58.2. The van der Waals surface area contributed by atoms with Crippen LogP contribution in [0.5, 0.6) is 0 Å². The largest absolute Gasteiger partial charge is 0.481 e. The van der Waals surface area contributed by atoms with Gasteiger partial charge in [-0.15, -0.1) is 6.58 Å². The number of aliphatic carboxylic acids is 4. The number of allylic oxidation sites excluding steroid dienone is 6. The van der Waals surface area contributed by atoms with Crippen molar-refractivity contribution in [2.24, 2.45) is 59.0 Å². The van der Waals surface area contributed by atoms with Crippen molar-refractivity contribution in [3.05, 3.63) is 115 Å². The smallest absolute Gasteiger partial charge is 0.317 e. The molecule has 4 fully saturated rings. The molecule has 1 aliphatic heterocycles. The number of hydrogen-bond donors (Lipinski definition) is 9. The molecular formula is C68H99GdN9O20. The second-order valence-corrected chi connectivity index (χ2v) is 23.9. The van der Waals surface area contributed by atoms with Crippen LogP contribution in [0.4, 0.5) is 0 Å². The summed E-state index contributed by atoms with van der Waals surface area (Å²) in [5.41, 5.74) is 7.34. The van der Waals surface area contributed by atoms with Crippen LogP contribution in [0.15, 0.2) is 104 Å². The molecule has 4 aliphatic rings. The molecule has 0 spiro atoms. The van der Waals surface area contributed by atoms with E-state index >= 15 is 0 Å². The summed E-state index contributed by atoms with van der Waals surface area (Å²) < 4.78 is 15.3. The minimum atomic E-state index is -1.03. The monoisotopic (exact) mass is 1520 g/mol. The Morgan fingerprint density at radius 2 is 0.969 bits per heavy atom. The van der Waals surface area contributed by atoms with Crippen molar-refractivity contribution in [2.45, 2.75) is 78.3 Å². The van der Waals surface area contributed by atoms with Crippen LogP contribution in [-0.4, -0.2) is 223 Å². The van der Waals surface area contributed by atoms with Crippen molar-refractivity contribution in [3.8, 4) is 0 Å². The van der Waals surface area contributed by atoms with E-state index in [2.05, 4.69) is 64.3 Å². The Balaban J connectivity index is 0.00000316. The van der Waals surface area contributed by atoms with E-state index in [1.807, 2.05) is 75.4 Å². The average molecular weight is 1520 g/mol. The van der Waals surface area contributed by atoms with E-state index < -0.39 is 35.8 Å². The molecule has 29 nitrogen and oxygen atoms in total. The third kappa shape index (κ3) is 37.2. The summed E-state index contributed by atoms with van der Waals surface area (Å²) in [6.45, 7) is 11.0. The van der Waals surface area contributed by atoms with Crippen molar-refractivity contribution in [1.82, 2.24) is 40.9 Å². The van der Waals surface area contributed by atoms with Gasteiger partial charge in [-0.25, -0.2) is 0 Å². The van der Waals surface area contributed by atoms with Crippen molar-refractivity contribution < 1.29 is 138 Å². The maximum Gasteiger partial charge on any atom is 0.317 e. The van der Waals surface area contributed by atoms with Gasteiger partial charge in [0.1, 0.15) is 20.1 Å². The van der Waals surface area contributed by atoms with E-state index in [9.17, 15) is 48.3 Å². The Morgan fingerprint density at radius 1 is 0.551 bits per heavy atom. The molecule has 5 amide bonds. The maximum atomic E-state index is 14.3. The fraction of sp³-hybridized carbons (Fsp3) is 0.529. The molecule has 98 heavy (non-hydrogen) atoms. The first kappa shape index (κ1) is 88.2. The maximum absolute atomic E-state index is 14.3. The summed E-state index contributed by atoms with van der Waals surface area (Å²) >= 11 is 0. The number of carboxylic acid groups (broad SMARTS) is 4. The molecular weight excluding hydrogens is 1420 g/mol. The molecule has 6 rings (SSSR count). The van der Waals surface area contributed by atoms with Crippen LogP contribution in [0.2, 0.25) is 0 Å². The van der Waals surface area contributed by atoms with Gasteiger partial charge in [0.2, 0.25) is 29.5 Å². The number of carboxylic acids is 4. The molecule has 1 saturated heterocycles. The second-order valence-electron chi connectivity index (χ2n) is 23.9. The Morgan fingerprint density at radius 3 is 1.45 bits per heavy atom. The van der Waals surface area contributed by atoms with Crippen LogP contribution >= 0.6 is 0 Å². The summed E-state index contributed by atoms with van der Waals surface area (Å²) in [5.74, 6) is -5.96. The molecule has 544 valence electrons. The number of carbonyl (C=O) groups excluding carboxylic acids is 8. The van der Waals surface area contributed by atoms with Crippen LogP contribution in [0, 0.1) is 93.2 Å². The minimum absolute atomic E-state index is 0. The number of nitrogens with two attached hydrogens (primary N) is 1. The molecule has 10 atom stereocenters. The van der Waals surface area contributed by atoms with Gasteiger partial charge in [-0.05, 0) is 85.2 Å². The standard InChI is InChI=1S/C62H85N9O13.3C2H4O2.Gd.H2O/c1-2-50-29-48(32-54(50)61(80)67-37-57(63)75)15-17-52-31-49(34-56(52)62(81)66-36-46-11-7-4-8-12-46)16-18-51-30-47(14-13-45-9-5-3-6-10-45)33-55(51)60(79)65-20-19-64-58(76)35-53(39-82-42-72)71-27-25-68(38-59(77)78)21-22-69(40-83-43-73)23-24-70(26-28-71)41-84-44-74;3*1-2(3)4;;/h2-18,42-44,47-56H,1,19-41H2,(H2,63,75)(H,64,76)(H,65,79)(H,66,81)(H,67,80)(H,77,78);3*1H3,(H,3,4);;1H2/b14-13?,17-15-,18-16-;;;;;. The molecule has 2 aromatic carbocycles. The number of carbonyl (C=O) groups is 12. The van der Waals surface area contributed by atoms with E-state index in [1.165, 1.54) is 0 Å². The van der Waals surface area contributed by atoms with Gasteiger partial charge < -0.3 is 67.1 Å². The first-order valence-corrected chi connectivity index (χ1v) is 32.0. The third-order valence-corrected chi connectivity index (χ3v) is 16.5. The van der Waals surface area contributed by atoms with E-state index in [-0.39, 0.29) is 182 Å². The predicted octanol–water partition coefficient (Wildman–Crippen LogP) is 2.02. The molecule has 1 heterocycles. The molecule has 10 unspecified atom stereocenters. The van der Waals surface area contributed by atoms with Crippen LogP contribution in [0.25, 0.3) is 6.08 Å². The average Bonchev–Trinajstić information content (AvgIpc) is 1.69. The Kier molecular flexibility index (Phi) is 45.4. The van der Waals surface area contributed by atoms with Gasteiger partial charge in [-0.1, -0.05) is 103 Å². The molecule has 30 heteroatoms. The number of rotatable bonds is 31. The SMILES string of the molecule is C=CC1CC(/C=C\C2CC(/C=C\C3CC(C=Cc4ccccc4)CC3C(=O)NCCNC(=O)CC(COC=O)N3CCN(COC=O)CCN(COC=O)CCN(CC(=O)O)CC3)CC2C(=O)NCc2ccccc2)CC1C(=O)NCC(N)=O.CC(=O)O.CC(=O)O.CC(=O)O.O.[Gd]. The molecule has 3 aliphatic carbocycles. The van der Waals surface area contributed by atoms with E-state index in [1.54, 1.807) is 11.0 Å². The summed E-state index contributed by atoms with van der Waals surface area (Å²) in [6.07, 6.45) is 18.6. The minimum Gasteiger partial charge on any atom is -0.481 e. The zero-order valence-electron chi connectivity index (χ0n) is 55.9. The fourth-order valence-corrected chi connectivity index (χ4v) is 12.1. The Labute approximate surface area is 604 Å². The Hall–Kier alpha value is -7.84. The summed E-state index contributed by atoms with van der Waals surface area (Å²) in [7, 11) is 0. The van der Waals surface area contributed by atoms with Crippen LogP contribution in [0.3, 0.4) is 0 Å². The molecule has 0 bridgehead atoms. The van der Waals surface area contributed by atoms with Crippen LogP contribution in [-0.2, 0) is 78.3 Å². The first-order valence-electron chi connectivity index (χ1n) is 32.0. The molecule has 0 radical (unpaired) electrons. The number of ether oxygens (including phenoxy) is 3. The number of hydrogen-bond acceptors (Lipinski definition) is 19. The number of amides is 5. The van der Waals surface area contributed by atoms with Gasteiger partial charge in [-0.3, -0.25) is 77.1 Å². The van der Waals surface area contributed by atoms with Gasteiger partial charge in [-0.2, -0.15) is 0 Å². The predicted molar refractivity (Wildman–Crippen MR) is 356 cm³/mol. The van der Waals surface area contributed by atoms with Gasteiger partial charge in [0.25, 0.3) is 37.3 Å². The van der Waals surface area contributed by atoms with Gasteiger partial charge >= 0.3 is 5.97 Å². The van der Waals surface area contributed by atoms with E-state index in [0.717, 1.165) is 38.3 Å². The normalized spacial score (nSPS) is 22.4. The Bertz CT molecular complexity index is 2850. The number of primary amides is 1. The summed E-state index contributed by atoms with van der Waals surface area (Å²) in [4.78, 5) is 146. The number of benzene rings is 2. The molecule has 12 N–H and O–H groups in total. The van der Waals surface area contributed by atoms with Crippen molar-refractivity contribution >= 4 is 78.9 Å². The second kappa shape index (κ2) is 50.5. The first-order chi connectivity index (χ1) is 45.9. The summed E-state index contributed by atoms with van der Waals surface area (Å²) in [5, 5.41) is 43.8. The molecule has 2 aromatic rings. The fourth-order valence-electron chi connectivity index (χ4n) is 12.1. The van der Waals surface area contributed by atoms with Gasteiger partial charge in [0, 0.05) is 157 Å². The third-order valence-electron chi connectivity index (χ3n) is 16.5. The number of nitrogens with zero attached hydrogens (tertiary/aromatic N) is 4. The molecule has 0 aromatic heterocycles. The zero-order chi connectivity index (χ0) is 70.8. The number of nitrogens with one attached hydrogen (secondary N) is 4. The van der Waals surface area contributed by atoms with Crippen LogP contribution in [0.1, 0.15) is 76.8 Å². The topological polar surface area (TPSA) is 432 Å². The van der Waals surface area contributed by atoms with Crippen molar-refractivity contribution in [2.75, 3.05) is 98.6 Å². The van der Waals surface area contributed by atoms with Gasteiger partial charge in [0.15, 0.2) is 0 Å².